The lowest BCUT2D eigenvalue weighted by Crippen LogP contribution is -2.24. The summed E-state index contributed by atoms with van der Waals surface area (Å²) >= 11 is 3.58. The average Bonchev–Trinajstić information content (AvgIpc) is 2.77. The second kappa shape index (κ2) is 11.1. The van der Waals surface area contributed by atoms with E-state index in [9.17, 15) is 0 Å². The van der Waals surface area contributed by atoms with Gasteiger partial charge in [-0.05, 0) is 72.3 Å². The van der Waals surface area contributed by atoms with E-state index >= 15 is 0 Å². The van der Waals surface area contributed by atoms with E-state index in [2.05, 4.69) is 99.3 Å². The van der Waals surface area contributed by atoms with Crippen molar-refractivity contribution in [3.05, 3.63) is 87.5 Å². The molecule has 0 aliphatic carbocycles. The minimum absolute atomic E-state index is 0.395. The van der Waals surface area contributed by atoms with Gasteiger partial charge in [0, 0.05) is 13.1 Å². The van der Waals surface area contributed by atoms with Crippen LogP contribution in [0.25, 0.3) is 0 Å². The summed E-state index contributed by atoms with van der Waals surface area (Å²) in [4.78, 5) is 11.2. The summed E-state index contributed by atoms with van der Waals surface area (Å²) in [6.45, 7) is 6.68. The maximum Gasteiger partial charge on any atom is 0.228 e. The number of halogens is 1. The number of ether oxygens (including phenoxy) is 1. The number of aryl methyl sites for hydroxylation is 3. The highest BCUT2D eigenvalue weighted by molar-refractivity contribution is 9.10. The lowest BCUT2D eigenvalue weighted by molar-refractivity contribution is 0.291. The fourth-order valence-electron chi connectivity index (χ4n) is 3.03. The standard InChI is InChI=1S/C26H30BrN3O/c1-19(2)30(4)18-28-25-16-24(27)26(29-20(25)3)31-17-23-12-8-11-22(15-23)14-13-21-9-6-5-7-10-21/h5-12,15-16,18-19H,13-14,17H2,1-4H3. The Balaban J connectivity index is 1.62. The first-order chi connectivity index (χ1) is 14.9. The molecule has 1 heterocycles. The first-order valence-corrected chi connectivity index (χ1v) is 11.4. The van der Waals surface area contributed by atoms with Crippen molar-refractivity contribution < 1.29 is 4.74 Å². The molecular weight excluding hydrogens is 450 g/mol. The molecule has 0 N–H and O–H groups in total. The minimum Gasteiger partial charge on any atom is -0.472 e. The summed E-state index contributed by atoms with van der Waals surface area (Å²) in [5.41, 5.74) is 5.47. The van der Waals surface area contributed by atoms with Gasteiger partial charge in [-0.25, -0.2) is 9.98 Å². The van der Waals surface area contributed by atoms with Gasteiger partial charge in [0.15, 0.2) is 0 Å². The molecule has 0 unspecified atom stereocenters. The lowest BCUT2D eigenvalue weighted by atomic mass is 10.0. The van der Waals surface area contributed by atoms with E-state index < -0.39 is 0 Å². The van der Waals surface area contributed by atoms with Gasteiger partial charge in [0.1, 0.15) is 6.61 Å². The normalized spacial score (nSPS) is 11.3. The molecule has 3 rings (SSSR count). The molecule has 4 nitrogen and oxygen atoms in total. The quantitative estimate of drug-likeness (QED) is 0.259. The Labute approximate surface area is 194 Å². The predicted octanol–water partition coefficient (Wildman–Crippen LogP) is 6.52. The monoisotopic (exact) mass is 479 g/mol. The van der Waals surface area contributed by atoms with Crippen molar-refractivity contribution >= 4 is 28.0 Å². The van der Waals surface area contributed by atoms with Crippen molar-refractivity contribution in [3.63, 3.8) is 0 Å². The fraction of sp³-hybridized carbons (Fsp3) is 0.308. The maximum absolute atomic E-state index is 6.02. The van der Waals surface area contributed by atoms with Crippen molar-refractivity contribution in [1.29, 1.82) is 0 Å². The zero-order chi connectivity index (χ0) is 22.2. The lowest BCUT2D eigenvalue weighted by Gasteiger charge is -2.17. The Morgan fingerprint density at radius 1 is 1.00 bits per heavy atom. The SMILES string of the molecule is Cc1nc(OCc2cccc(CCc3ccccc3)c2)c(Br)cc1N=CN(C)C(C)C. The molecular formula is C26H30BrN3O. The number of hydrogen-bond donors (Lipinski definition) is 0. The Hall–Kier alpha value is -2.66. The van der Waals surface area contributed by atoms with Crippen LogP contribution in [0, 0.1) is 6.92 Å². The van der Waals surface area contributed by atoms with Crippen LogP contribution in [0.1, 0.15) is 36.2 Å². The third kappa shape index (κ3) is 6.93. The van der Waals surface area contributed by atoms with Gasteiger partial charge >= 0.3 is 0 Å². The molecule has 31 heavy (non-hydrogen) atoms. The van der Waals surface area contributed by atoms with Crippen molar-refractivity contribution in [1.82, 2.24) is 9.88 Å². The second-order valence-electron chi connectivity index (χ2n) is 7.98. The topological polar surface area (TPSA) is 37.7 Å². The van der Waals surface area contributed by atoms with Crippen LogP contribution < -0.4 is 4.74 Å². The first-order valence-electron chi connectivity index (χ1n) is 10.6. The van der Waals surface area contributed by atoms with Gasteiger partial charge in [0.25, 0.3) is 0 Å². The third-order valence-electron chi connectivity index (χ3n) is 5.21. The molecule has 0 aliphatic heterocycles. The number of hydrogen-bond acceptors (Lipinski definition) is 3. The number of pyridine rings is 1. The Bertz CT molecular complexity index is 1020. The van der Waals surface area contributed by atoms with Crippen LogP contribution >= 0.6 is 15.9 Å². The van der Waals surface area contributed by atoms with E-state index in [0.29, 0.717) is 18.5 Å². The molecule has 2 aromatic carbocycles. The van der Waals surface area contributed by atoms with Crippen molar-refractivity contribution in [2.45, 2.75) is 46.3 Å². The summed E-state index contributed by atoms with van der Waals surface area (Å²) in [5, 5.41) is 0. The molecule has 0 saturated carbocycles. The molecule has 0 saturated heterocycles. The molecule has 0 aliphatic rings. The minimum atomic E-state index is 0.395. The van der Waals surface area contributed by atoms with Crippen molar-refractivity contribution in [2.75, 3.05) is 7.05 Å². The van der Waals surface area contributed by atoms with Gasteiger partial charge in [-0.2, -0.15) is 0 Å². The average molecular weight is 480 g/mol. The number of rotatable bonds is 9. The fourth-order valence-corrected chi connectivity index (χ4v) is 3.45. The molecule has 1 aromatic heterocycles. The largest absolute Gasteiger partial charge is 0.472 e. The molecule has 0 atom stereocenters. The van der Waals surface area contributed by atoms with Crippen LogP contribution in [0.3, 0.4) is 0 Å². The van der Waals surface area contributed by atoms with Crippen LogP contribution in [0.15, 0.2) is 70.1 Å². The van der Waals surface area contributed by atoms with Crippen LogP contribution in [0.5, 0.6) is 5.88 Å². The van der Waals surface area contributed by atoms with Gasteiger partial charge in [-0.3, -0.25) is 0 Å². The van der Waals surface area contributed by atoms with Crippen LogP contribution in [-0.4, -0.2) is 29.3 Å². The highest BCUT2D eigenvalue weighted by Crippen LogP contribution is 2.30. The molecule has 0 fully saturated rings. The molecule has 0 spiro atoms. The number of aromatic nitrogens is 1. The second-order valence-corrected chi connectivity index (χ2v) is 8.83. The molecule has 3 aromatic rings. The Morgan fingerprint density at radius 2 is 1.68 bits per heavy atom. The zero-order valence-corrected chi connectivity index (χ0v) is 20.3. The van der Waals surface area contributed by atoms with E-state index in [0.717, 1.165) is 34.3 Å². The van der Waals surface area contributed by atoms with E-state index in [4.69, 9.17) is 4.74 Å². The zero-order valence-electron chi connectivity index (χ0n) is 18.7. The Morgan fingerprint density at radius 3 is 2.42 bits per heavy atom. The summed E-state index contributed by atoms with van der Waals surface area (Å²) in [6.07, 6.45) is 3.88. The number of nitrogens with zero attached hydrogens (tertiary/aromatic N) is 3. The Kier molecular flexibility index (Phi) is 8.24. The molecule has 0 amide bonds. The number of aliphatic imine (C=N–C) groups is 1. The van der Waals surface area contributed by atoms with E-state index in [1.54, 1.807) is 0 Å². The van der Waals surface area contributed by atoms with E-state index in [-0.39, 0.29) is 0 Å². The molecule has 5 heteroatoms. The third-order valence-corrected chi connectivity index (χ3v) is 5.78. The molecule has 0 bridgehead atoms. The van der Waals surface area contributed by atoms with Crippen LogP contribution in [0.4, 0.5) is 5.69 Å². The summed E-state index contributed by atoms with van der Waals surface area (Å²) in [5.74, 6) is 0.586. The first kappa shape index (κ1) is 23.0. The molecule has 162 valence electrons. The summed E-state index contributed by atoms with van der Waals surface area (Å²) < 4.78 is 6.82. The molecule has 0 radical (unpaired) electrons. The van der Waals surface area contributed by atoms with Gasteiger partial charge in [-0.1, -0.05) is 54.6 Å². The maximum atomic E-state index is 6.02. The van der Waals surface area contributed by atoms with Gasteiger partial charge < -0.3 is 9.64 Å². The van der Waals surface area contributed by atoms with Crippen LogP contribution in [-0.2, 0) is 19.4 Å². The predicted molar refractivity (Wildman–Crippen MR) is 132 cm³/mol. The smallest absolute Gasteiger partial charge is 0.228 e. The highest BCUT2D eigenvalue weighted by atomic mass is 79.9. The van der Waals surface area contributed by atoms with Crippen LogP contribution in [0.2, 0.25) is 0 Å². The van der Waals surface area contributed by atoms with E-state index in [1.807, 2.05) is 26.4 Å². The number of benzene rings is 2. The van der Waals surface area contributed by atoms with Gasteiger partial charge in [0.05, 0.1) is 22.2 Å². The van der Waals surface area contributed by atoms with Crippen molar-refractivity contribution in [2.24, 2.45) is 4.99 Å². The highest BCUT2D eigenvalue weighted by Gasteiger charge is 2.09. The summed E-state index contributed by atoms with van der Waals surface area (Å²) in [7, 11) is 2.01. The summed E-state index contributed by atoms with van der Waals surface area (Å²) in [6, 6.07) is 21.5. The van der Waals surface area contributed by atoms with Crippen molar-refractivity contribution in [3.8, 4) is 5.88 Å². The van der Waals surface area contributed by atoms with E-state index in [1.165, 1.54) is 11.1 Å². The van der Waals surface area contributed by atoms with Gasteiger partial charge in [-0.15, -0.1) is 0 Å². The van der Waals surface area contributed by atoms with Gasteiger partial charge in [0.2, 0.25) is 5.88 Å².